The van der Waals surface area contributed by atoms with Gasteiger partial charge in [0.05, 0.1) is 17.8 Å². The molecule has 1 atom stereocenters. The van der Waals surface area contributed by atoms with Crippen LogP contribution in [0.3, 0.4) is 0 Å². The number of hydrogen-bond acceptors (Lipinski definition) is 4. The third-order valence-electron chi connectivity index (χ3n) is 3.55. The van der Waals surface area contributed by atoms with Crippen LogP contribution in [0.2, 0.25) is 5.02 Å². The van der Waals surface area contributed by atoms with Crippen LogP contribution >= 0.6 is 11.6 Å². The first-order chi connectivity index (χ1) is 11.8. The molecule has 7 heteroatoms. The quantitative estimate of drug-likeness (QED) is 0.730. The SMILES string of the molecule is CC(O)(CNC(=O)C(=O)Nc1cc(Cl)ccc1C#N)c1ccccc1. The lowest BCUT2D eigenvalue weighted by Crippen LogP contribution is -2.43. The molecule has 0 saturated heterocycles. The van der Waals surface area contributed by atoms with Crippen molar-refractivity contribution < 1.29 is 14.7 Å². The molecule has 2 aromatic carbocycles. The number of carbonyl (C=O) groups excluding carboxylic acids is 2. The van der Waals surface area contributed by atoms with Gasteiger partial charge in [-0.25, -0.2) is 0 Å². The van der Waals surface area contributed by atoms with Crippen molar-refractivity contribution in [3.8, 4) is 6.07 Å². The van der Waals surface area contributed by atoms with E-state index in [1.165, 1.54) is 25.1 Å². The summed E-state index contributed by atoms with van der Waals surface area (Å²) in [7, 11) is 0. The van der Waals surface area contributed by atoms with E-state index in [1.807, 2.05) is 12.1 Å². The van der Waals surface area contributed by atoms with Crippen molar-refractivity contribution in [3.05, 3.63) is 64.7 Å². The topological polar surface area (TPSA) is 102 Å². The van der Waals surface area contributed by atoms with E-state index in [-0.39, 0.29) is 17.8 Å². The standard InChI is InChI=1S/C18H16ClN3O3/c1-18(25,13-5-3-2-4-6-13)11-21-16(23)17(24)22-15-9-14(19)8-7-12(15)10-20/h2-9,25H,11H2,1H3,(H,21,23)(H,22,24). The van der Waals surface area contributed by atoms with Gasteiger partial charge in [0.1, 0.15) is 11.7 Å². The number of carbonyl (C=O) groups is 2. The lowest BCUT2D eigenvalue weighted by molar-refractivity contribution is -0.136. The molecule has 3 N–H and O–H groups in total. The lowest BCUT2D eigenvalue weighted by atomic mass is 9.96. The van der Waals surface area contributed by atoms with E-state index in [9.17, 15) is 14.7 Å². The Kier molecular flexibility index (Phi) is 5.75. The van der Waals surface area contributed by atoms with Crippen LogP contribution in [0, 0.1) is 11.3 Å². The Morgan fingerprint density at radius 3 is 2.52 bits per heavy atom. The number of benzene rings is 2. The van der Waals surface area contributed by atoms with Crippen LogP contribution in [0.5, 0.6) is 0 Å². The van der Waals surface area contributed by atoms with Crippen molar-refractivity contribution in [3.63, 3.8) is 0 Å². The third-order valence-corrected chi connectivity index (χ3v) is 3.78. The maximum Gasteiger partial charge on any atom is 0.313 e. The Bertz CT molecular complexity index is 829. The van der Waals surface area contributed by atoms with Crippen LogP contribution in [-0.4, -0.2) is 23.5 Å². The molecule has 128 valence electrons. The van der Waals surface area contributed by atoms with Gasteiger partial charge in [-0.15, -0.1) is 0 Å². The average Bonchev–Trinajstić information content (AvgIpc) is 2.60. The van der Waals surface area contributed by atoms with Crippen LogP contribution in [0.4, 0.5) is 5.69 Å². The molecule has 0 bridgehead atoms. The first-order valence-electron chi connectivity index (χ1n) is 7.40. The van der Waals surface area contributed by atoms with Crippen molar-refractivity contribution in [2.75, 3.05) is 11.9 Å². The molecule has 2 amide bonds. The molecular weight excluding hydrogens is 342 g/mol. The summed E-state index contributed by atoms with van der Waals surface area (Å²) in [5, 5.41) is 24.5. The molecule has 0 heterocycles. The summed E-state index contributed by atoms with van der Waals surface area (Å²) in [6, 6.07) is 15.0. The van der Waals surface area contributed by atoms with Gasteiger partial charge in [0.25, 0.3) is 0 Å². The maximum atomic E-state index is 12.0. The van der Waals surface area contributed by atoms with E-state index in [2.05, 4.69) is 10.6 Å². The second-order valence-electron chi connectivity index (χ2n) is 5.58. The van der Waals surface area contributed by atoms with Gasteiger partial charge in [-0.3, -0.25) is 9.59 Å². The molecule has 0 aliphatic heterocycles. The zero-order chi connectivity index (χ0) is 18.4. The second kappa shape index (κ2) is 7.79. The molecule has 0 aliphatic carbocycles. The number of amides is 2. The highest BCUT2D eigenvalue weighted by Gasteiger charge is 2.25. The molecule has 0 radical (unpaired) electrons. The van der Waals surface area contributed by atoms with Gasteiger partial charge >= 0.3 is 11.8 Å². The molecule has 0 fully saturated rings. The predicted molar refractivity (Wildman–Crippen MR) is 93.8 cm³/mol. The van der Waals surface area contributed by atoms with Crippen molar-refractivity contribution in [1.29, 1.82) is 5.26 Å². The Balaban J connectivity index is 2.01. The van der Waals surface area contributed by atoms with Crippen molar-refractivity contribution in [2.24, 2.45) is 0 Å². The highest BCUT2D eigenvalue weighted by atomic mass is 35.5. The van der Waals surface area contributed by atoms with E-state index in [0.29, 0.717) is 10.6 Å². The minimum absolute atomic E-state index is 0.143. The molecule has 2 aromatic rings. The van der Waals surface area contributed by atoms with Crippen molar-refractivity contribution in [2.45, 2.75) is 12.5 Å². The van der Waals surface area contributed by atoms with E-state index >= 15 is 0 Å². The molecule has 0 saturated carbocycles. The highest BCUT2D eigenvalue weighted by molar-refractivity contribution is 6.40. The maximum absolute atomic E-state index is 12.0. The summed E-state index contributed by atoms with van der Waals surface area (Å²) < 4.78 is 0. The molecule has 0 aliphatic rings. The third kappa shape index (κ3) is 4.80. The summed E-state index contributed by atoms with van der Waals surface area (Å²) in [4.78, 5) is 23.9. The molecule has 2 rings (SSSR count). The predicted octanol–water partition coefficient (Wildman–Crippen LogP) is 2.17. The number of nitriles is 1. The molecule has 0 spiro atoms. The zero-order valence-corrected chi connectivity index (χ0v) is 14.2. The number of nitrogens with zero attached hydrogens (tertiary/aromatic N) is 1. The van der Waals surface area contributed by atoms with E-state index in [1.54, 1.807) is 24.3 Å². The zero-order valence-electron chi connectivity index (χ0n) is 13.4. The van der Waals surface area contributed by atoms with Crippen LogP contribution in [0.25, 0.3) is 0 Å². The van der Waals surface area contributed by atoms with E-state index in [4.69, 9.17) is 16.9 Å². The number of hydrogen-bond donors (Lipinski definition) is 3. The second-order valence-corrected chi connectivity index (χ2v) is 6.01. The number of anilines is 1. The van der Waals surface area contributed by atoms with Gasteiger partial charge in [0.2, 0.25) is 0 Å². The summed E-state index contributed by atoms with van der Waals surface area (Å²) in [6.45, 7) is 1.38. The van der Waals surface area contributed by atoms with Crippen LogP contribution in [0.1, 0.15) is 18.1 Å². The fourth-order valence-corrected chi connectivity index (χ4v) is 2.30. The van der Waals surface area contributed by atoms with Gasteiger partial charge < -0.3 is 15.7 Å². The molecular formula is C18H16ClN3O3. The smallest absolute Gasteiger partial charge is 0.313 e. The normalized spacial score (nSPS) is 12.6. The molecule has 25 heavy (non-hydrogen) atoms. The average molecular weight is 358 g/mol. The molecule has 6 nitrogen and oxygen atoms in total. The Labute approximate surface area is 150 Å². The van der Waals surface area contributed by atoms with Gasteiger partial charge in [-0.05, 0) is 30.7 Å². The summed E-state index contributed by atoms with van der Waals surface area (Å²) in [5.41, 5.74) is -0.394. The number of aliphatic hydroxyl groups is 1. The monoisotopic (exact) mass is 357 g/mol. The van der Waals surface area contributed by atoms with Gasteiger partial charge in [0, 0.05) is 5.02 Å². The lowest BCUT2D eigenvalue weighted by Gasteiger charge is -2.24. The molecule has 1 unspecified atom stereocenters. The number of halogens is 1. The molecule has 0 aromatic heterocycles. The minimum Gasteiger partial charge on any atom is -0.384 e. The number of rotatable bonds is 4. The van der Waals surface area contributed by atoms with Crippen LogP contribution in [0.15, 0.2) is 48.5 Å². The first kappa shape index (κ1) is 18.5. The van der Waals surface area contributed by atoms with Gasteiger partial charge in [-0.2, -0.15) is 5.26 Å². The van der Waals surface area contributed by atoms with Gasteiger partial charge in [-0.1, -0.05) is 41.9 Å². The number of nitrogens with one attached hydrogen (secondary N) is 2. The summed E-state index contributed by atoms with van der Waals surface area (Å²) in [6.07, 6.45) is 0. The van der Waals surface area contributed by atoms with Crippen molar-refractivity contribution >= 4 is 29.1 Å². The van der Waals surface area contributed by atoms with Crippen molar-refractivity contribution in [1.82, 2.24) is 5.32 Å². The summed E-state index contributed by atoms with van der Waals surface area (Å²) >= 11 is 5.83. The fourth-order valence-electron chi connectivity index (χ4n) is 2.13. The van der Waals surface area contributed by atoms with E-state index in [0.717, 1.165) is 0 Å². The Morgan fingerprint density at radius 2 is 1.88 bits per heavy atom. The largest absolute Gasteiger partial charge is 0.384 e. The van der Waals surface area contributed by atoms with E-state index < -0.39 is 17.4 Å². The Morgan fingerprint density at radius 1 is 1.20 bits per heavy atom. The fraction of sp³-hybridized carbons (Fsp3) is 0.167. The van der Waals surface area contributed by atoms with Gasteiger partial charge in [0.15, 0.2) is 0 Å². The highest BCUT2D eigenvalue weighted by Crippen LogP contribution is 2.21. The Hall–Kier alpha value is -2.88. The summed E-state index contributed by atoms with van der Waals surface area (Å²) in [5.74, 6) is -1.89. The van der Waals surface area contributed by atoms with Crippen LogP contribution < -0.4 is 10.6 Å². The van der Waals surface area contributed by atoms with Crippen LogP contribution in [-0.2, 0) is 15.2 Å². The first-order valence-corrected chi connectivity index (χ1v) is 7.78. The minimum atomic E-state index is -1.33.